The van der Waals surface area contributed by atoms with Crippen molar-refractivity contribution in [3.63, 3.8) is 0 Å². The zero-order chi connectivity index (χ0) is 14.7. The molecule has 2 N–H and O–H groups in total. The molecule has 0 saturated heterocycles. The lowest BCUT2D eigenvalue weighted by atomic mass is 10.1. The number of nitrogens with zero attached hydrogens (tertiary/aromatic N) is 1. The largest absolute Gasteiger partial charge is 0.393 e. The summed E-state index contributed by atoms with van der Waals surface area (Å²) in [7, 11) is 0. The van der Waals surface area contributed by atoms with Crippen LogP contribution in [0.5, 0.6) is 0 Å². The zero-order valence-corrected chi connectivity index (χ0v) is 11.7. The van der Waals surface area contributed by atoms with Gasteiger partial charge in [-0.1, -0.05) is 35.5 Å². The fraction of sp³-hybridized carbons (Fsp3) is 0.375. The SMILES string of the molecule is O=C(NCC1CCC(O)C1)c1cc(-c2ccccc2)on1. The van der Waals surface area contributed by atoms with Crippen molar-refractivity contribution in [3.8, 4) is 11.3 Å². The molecule has 0 radical (unpaired) electrons. The van der Waals surface area contributed by atoms with Crippen molar-refractivity contribution in [2.75, 3.05) is 6.54 Å². The van der Waals surface area contributed by atoms with E-state index in [4.69, 9.17) is 4.52 Å². The molecule has 1 heterocycles. The Balaban J connectivity index is 1.59. The second-order valence-electron chi connectivity index (χ2n) is 5.49. The monoisotopic (exact) mass is 286 g/mol. The van der Waals surface area contributed by atoms with Crippen LogP contribution in [0.4, 0.5) is 0 Å². The minimum absolute atomic E-state index is 0.219. The van der Waals surface area contributed by atoms with Crippen molar-refractivity contribution < 1.29 is 14.4 Å². The summed E-state index contributed by atoms with van der Waals surface area (Å²) in [5.74, 6) is 0.698. The molecule has 110 valence electrons. The van der Waals surface area contributed by atoms with Crippen molar-refractivity contribution in [2.45, 2.75) is 25.4 Å². The Morgan fingerprint density at radius 3 is 2.86 bits per heavy atom. The van der Waals surface area contributed by atoms with E-state index < -0.39 is 0 Å². The third kappa shape index (κ3) is 3.31. The maximum Gasteiger partial charge on any atom is 0.273 e. The fourth-order valence-corrected chi connectivity index (χ4v) is 2.68. The molecule has 1 aromatic heterocycles. The van der Waals surface area contributed by atoms with Gasteiger partial charge in [0.25, 0.3) is 5.91 Å². The molecule has 1 amide bonds. The smallest absolute Gasteiger partial charge is 0.273 e. The summed E-state index contributed by atoms with van der Waals surface area (Å²) in [5.41, 5.74) is 1.18. The van der Waals surface area contributed by atoms with Crippen LogP contribution in [0.25, 0.3) is 11.3 Å². The Kier molecular flexibility index (Phi) is 4.01. The highest BCUT2D eigenvalue weighted by Gasteiger charge is 2.23. The molecular weight excluding hydrogens is 268 g/mol. The Labute approximate surface area is 123 Å². The second-order valence-corrected chi connectivity index (χ2v) is 5.49. The number of hydrogen-bond donors (Lipinski definition) is 2. The van der Waals surface area contributed by atoms with Gasteiger partial charge in [0.15, 0.2) is 11.5 Å². The lowest BCUT2D eigenvalue weighted by molar-refractivity contribution is 0.0936. The zero-order valence-electron chi connectivity index (χ0n) is 11.7. The maximum absolute atomic E-state index is 12.0. The first-order valence-corrected chi connectivity index (χ1v) is 7.21. The number of aliphatic hydroxyl groups excluding tert-OH is 1. The van der Waals surface area contributed by atoms with Crippen molar-refractivity contribution in [2.24, 2.45) is 5.92 Å². The highest BCUT2D eigenvalue weighted by atomic mass is 16.5. The van der Waals surface area contributed by atoms with E-state index in [0.29, 0.717) is 18.2 Å². The van der Waals surface area contributed by atoms with E-state index in [0.717, 1.165) is 24.8 Å². The number of carbonyl (C=O) groups excluding carboxylic acids is 1. The van der Waals surface area contributed by atoms with Gasteiger partial charge in [-0.2, -0.15) is 0 Å². The first-order chi connectivity index (χ1) is 10.2. The lowest BCUT2D eigenvalue weighted by Gasteiger charge is -2.09. The van der Waals surface area contributed by atoms with Crippen molar-refractivity contribution in [3.05, 3.63) is 42.1 Å². The molecule has 0 spiro atoms. The van der Waals surface area contributed by atoms with Gasteiger partial charge in [-0.3, -0.25) is 4.79 Å². The van der Waals surface area contributed by atoms with Crippen molar-refractivity contribution in [1.29, 1.82) is 0 Å². The lowest BCUT2D eigenvalue weighted by Crippen LogP contribution is -2.28. The topological polar surface area (TPSA) is 75.4 Å². The number of rotatable bonds is 4. The van der Waals surface area contributed by atoms with Gasteiger partial charge < -0.3 is 14.9 Å². The number of benzene rings is 1. The first kappa shape index (κ1) is 13.8. The van der Waals surface area contributed by atoms with Crippen LogP contribution in [0.3, 0.4) is 0 Å². The van der Waals surface area contributed by atoms with Gasteiger partial charge in [0, 0.05) is 18.2 Å². The summed E-state index contributed by atoms with van der Waals surface area (Å²) in [6.45, 7) is 0.573. The fourth-order valence-electron chi connectivity index (χ4n) is 2.68. The molecule has 1 aliphatic carbocycles. The molecule has 1 saturated carbocycles. The summed E-state index contributed by atoms with van der Waals surface area (Å²) in [4.78, 5) is 12.0. The minimum atomic E-state index is -0.234. The molecule has 21 heavy (non-hydrogen) atoms. The molecule has 3 rings (SSSR count). The van der Waals surface area contributed by atoms with Crippen LogP contribution >= 0.6 is 0 Å². The van der Waals surface area contributed by atoms with Crippen LogP contribution in [-0.2, 0) is 0 Å². The predicted molar refractivity (Wildman–Crippen MR) is 77.6 cm³/mol. The summed E-state index contributed by atoms with van der Waals surface area (Å²) >= 11 is 0. The second kappa shape index (κ2) is 6.10. The number of aliphatic hydroxyl groups is 1. The normalized spacial score (nSPS) is 21.4. The third-order valence-corrected chi connectivity index (χ3v) is 3.87. The van der Waals surface area contributed by atoms with Crippen LogP contribution in [0.15, 0.2) is 40.9 Å². The van der Waals surface area contributed by atoms with E-state index >= 15 is 0 Å². The van der Waals surface area contributed by atoms with E-state index in [1.54, 1.807) is 6.07 Å². The van der Waals surface area contributed by atoms with Crippen molar-refractivity contribution >= 4 is 5.91 Å². The number of hydrogen-bond acceptors (Lipinski definition) is 4. The summed E-state index contributed by atoms with van der Waals surface area (Å²) < 4.78 is 5.21. The van der Waals surface area contributed by atoms with E-state index in [9.17, 15) is 9.90 Å². The van der Waals surface area contributed by atoms with E-state index in [2.05, 4.69) is 10.5 Å². The molecule has 2 aromatic rings. The van der Waals surface area contributed by atoms with Gasteiger partial charge in [0.2, 0.25) is 0 Å². The third-order valence-electron chi connectivity index (χ3n) is 3.87. The van der Waals surface area contributed by atoms with Gasteiger partial charge in [0.1, 0.15) is 0 Å². The Hall–Kier alpha value is -2.14. The molecule has 2 atom stereocenters. The Bertz CT molecular complexity index is 609. The van der Waals surface area contributed by atoms with E-state index in [-0.39, 0.29) is 17.7 Å². The first-order valence-electron chi connectivity index (χ1n) is 7.21. The molecule has 0 bridgehead atoms. The molecule has 1 fully saturated rings. The number of nitrogens with one attached hydrogen (secondary N) is 1. The molecule has 1 aliphatic rings. The minimum Gasteiger partial charge on any atom is -0.393 e. The number of amides is 1. The van der Waals surface area contributed by atoms with Gasteiger partial charge in [0.05, 0.1) is 6.10 Å². The molecule has 0 aliphatic heterocycles. The van der Waals surface area contributed by atoms with Crippen LogP contribution in [0.1, 0.15) is 29.8 Å². The van der Waals surface area contributed by atoms with Gasteiger partial charge in [-0.15, -0.1) is 0 Å². The van der Waals surface area contributed by atoms with E-state index in [1.165, 1.54) is 0 Å². The molecule has 2 unspecified atom stereocenters. The Morgan fingerprint density at radius 1 is 1.33 bits per heavy atom. The van der Waals surface area contributed by atoms with Crippen LogP contribution < -0.4 is 5.32 Å². The quantitative estimate of drug-likeness (QED) is 0.903. The standard InChI is InChI=1S/C16H18N2O3/c19-13-7-6-11(8-13)10-17-16(20)14-9-15(21-18-14)12-4-2-1-3-5-12/h1-5,9,11,13,19H,6-8,10H2,(H,17,20). The summed E-state index contributed by atoms with van der Waals surface area (Å²) in [6, 6.07) is 11.2. The highest BCUT2D eigenvalue weighted by molar-refractivity contribution is 5.93. The Morgan fingerprint density at radius 2 is 2.14 bits per heavy atom. The van der Waals surface area contributed by atoms with Crippen molar-refractivity contribution in [1.82, 2.24) is 10.5 Å². The average molecular weight is 286 g/mol. The van der Waals surface area contributed by atoms with Gasteiger partial charge in [-0.25, -0.2) is 0 Å². The maximum atomic E-state index is 12.0. The number of aromatic nitrogens is 1. The highest BCUT2D eigenvalue weighted by Crippen LogP contribution is 2.24. The molecule has 1 aromatic carbocycles. The predicted octanol–water partition coefficient (Wildman–Crippen LogP) is 2.23. The molecule has 5 heteroatoms. The molecular formula is C16H18N2O3. The molecule has 5 nitrogen and oxygen atoms in total. The van der Waals surface area contributed by atoms with Crippen LogP contribution in [0, 0.1) is 5.92 Å². The number of carbonyl (C=O) groups is 1. The van der Waals surface area contributed by atoms with Gasteiger partial charge in [-0.05, 0) is 25.2 Å². The average Bonchev–Trinajstić information content (AvgIpc) is 3.15. The van der Waals surface area contributed by atoms with Crippen LogP contribution in [-0.4, -0.2) is 28.8 Å². The summed E-state index contributed by atoms with van der Waals surface area (Å²) in [5, 5.41) is 16.1. The van der Waals surface area contributed by atoms with Crippen LogP contribution in [0.2, 0.25) is 0 Å². The van der Waals surface area contributed by atoms with Gasteiger partial charge >= 0.3 is 0 Å². The van der Waals surface area contributed by atoms with E-state index in [1.807, 2.05) is 30.3 Å². The summed E-state index contributed by atoms with van der Waals surface area (Å²) in [6.07, 6.45) is 2.32.